The van der Waals surface area contributed by atoms with Crippen molar-refractivity contribution in [1.29, 1.82) is 5.26 Å². The second-order valence-electron chi connectivity index (χ2n) is 6.24. The molecule has 3 amide bonds. The van der Waals surface area contributed by atoms with Crippen LogP contribution in [0.1, 0.15) is 34.1 Å². The highest BCUT2D eigenvalue weighted by Gasteiger charge is 2.43. The molecule has 1 heterocycles. The van der Waals surface area contributed by atoms with E-state index in [0.717, 1.165) is 4.90 Å². The maximum Gasteiger partial charge on any atom is 0.331 e. The van der Waals surface area contributed by atoms with E-state index in [1.807, 2.05) is 6.07 Å². The Hall–Kier alpha value is -2.86. The first kappa shape index (κ1) is 21.4. The van der Waals surface area contributed by atoms with E-state index in [0.29, 0.717) is 0 Å². The Morgan fingerprint density at radius 3 is 2.32 bits per heavy atom. The highest BCUT2D eigenvalue weighted by atomic mass is 32.2. The van der Waals surface area contributed by atoms with Crippen molar-refractivity contribution < 1.29 is 23.9 Å². The largest absolute Gasteiger partial charge is 0.451 e. The summed E-state index contributed by atoms with van der Waals surface area (Å²) in [4.78, 5) is 52.5. The van der Waals surface area contributed by atoms with Crippen molar-refractivity contribution in [2.75, 3.05) is 25.6 Å². The van der Waals surface area contributed by atoms with Crippen LogP contribution in [0.25, 0.3) is 0 Å². The molecule has 0 fully saturated rings. The molecule has 28 heavy (non-hydrogen) atoms. The lowest BCUT2D eigenvalue weighted by Crippen LogP contribution is -2.49. The van der Waals surface area contributed by atoms with Crippen LogP contribution in [0.5, 0.6) is 0 Å². The highest BCUT2D eigenvalue weighted by Crippen LogP contribution is 2.26. The minimum absolute atomic E-state index is 0.148. The maximum atomic E-state index is 12.7. The van der Waals surface area contributed by atoms with Gasteiger partial charge in [-0.05, 0) is 25.3 Å². The van der Waals surface area contributed by atoms with Crippen molar-refractivity contribution in [3.8, 4) is 6.07 Å². The van der Waals surface area contributed by atoms with Gasteiger partial charge in [-0.2, -0.15) is 17.0 Å². The van der Waals surface area contributed by atoms with Crippen molar-refractivity contribution in [3.63, 3.8) is 0 Å². The molecule has 9 heteroatoms. The molecule has 148 valence electrons. The third kappa shape index (κ3) is 4.34. The molecule has 0 saturated heterocycles. The maximum absolute atomic E-state index is 12.7. The molecular weight excluding hydrogens is 382 g/mol. The molecule has 0 unspecified atom stereocenters. The number of hydrogen-bond acceptors (Lipinski definition) is 7. The third-order valence-corrected chi connectivity index (χ3v) is 4.96. The first-order valence-electron chi connectivity index (χ1n) is 8.61. The number of nitriles is 1. The normalized spacial score (nSPS) is 14.9. The van der Waals surface area contributed by atoms with Crippen LogP contribution in [-0.2, 0) is 14.3 Å². The predicted molar refractivity (Wildman–Crippen MR) is 103 cm³/mol. The number of ether oxygens (including phenoxy) is 1. The molecule has 0 N–H and O–H groups in total. The minimum Gasteiger partial charge on any atom is -0.451 e. The lowest BCUT2D eigenvalue weighted by Gasteiger charge is -2.26. The van der Waals surface area contributed by atoms with Crippen molar-refractivity contribution in [1.82, 2.24) is 9.80 Å². The summed E-state index contributed by atoms with van der Waals surface area (Å²) in [6.45, 7) is 1.63. The van der Waals surface area contributed by atoms with E-state index in [1.165, 1.54) is 42.8 Å². The van der Waals surface area contributed by atoms with E-state index < -0.39 is 35.8 Å². The molecule has 0 bridgehead atoms. The van der Waals surface area contributed by atoms with Gasteiger partial charge in [0.05, 0.1) is 23.6 Å². The fourth-order valence-corrected chi connectivity index (χ4v) is 3.44. The Labute approximate surface area is 167 Å². The fraction of sp³-hybridized carbons (Fsp3) is 0.421. The number of rotatable bonds is 8. The Morgan fingerprint density at radius 2 is 1.82 bits per heavy atom. The van der Waals surface area contributed by atoms with Crippen LogP contribution in [0.2, 0.25) is 0 Å². The number of esters is 1. The number of benzene rings is 1. The van der Waals surface area contributed by atoms with Crippen LogP contribution in [0, 0.1) is 11.3 Å². The number of amides is 3. The zero-order valence-electron chi connectivity index (χ0n) is 15.9. The molecule has 1 aliphatic heterocycles. The predicted octanol–water partition coefficient (Wildman–Crippen LogP) is 1.32. The van der Waals surface area contributed by atoms with Crippen molar-refractivity contribution in [2.24, 2.45) is 0 Å². The Kier molecular flexibility index (Phi) is 7.18. The quantitative estimate of drug-likeness (QED) is 0.476. The lowest BCUT2D eigenvalue weighted by molar-refractivity contribution is -0.161. The standard InChI is InChI=1S/C19H21N3O5S/c1-12(16(23)21(2)10-6-9-20)27-19(26)15(11-28-3)22-17(24)13-7-4-5-8-14(13)18(22)25/h4-5,7-8,12,15H,6,10-11H2,1-3H3/t12-,15-/m1/s1. The molecule has 0 radical (unpaired) electrons. The van der Waals surface area contributed by atoms with Gasteiger partial charge in [-0.1, -0.05) is 12.1 Å². The van der Waals surface area contributed by atoms with E-state index >= 15 is 0 Å². The third-order valence-electron chi connectivity index (χ3n) is 4.31. The van der Waals surface area contributed by atoms with Gasteiger partial charge in [-0.15, -0.1) is 0 Å². The Bertz CT molecular complexity index is 800. The van der Waals surface area contributed by atoms with Crippen molar-refractivity contribution in [2.45, 2.75) is 25.5 Å². The minimum atomic E-state index is -1.14. The zero-order chi connectivity index (χ0) is 20.8. The zero-order valence-corrected chi connectivity index (χ0v) is 16.7. The van der Waals surface area contributed by atoms with Gasteiger partial charge in [0.15, 0.2) is 6.10 Å². The number of carbonyl (C=O) groups excluding carboxylic acids is 4. The Morgan fingerprint density at radius 1 is 1.25 bits per heavy atom. The van der Waals surface area contributed by atoms with Gasteiger partial charge in [0.25, 0.3) is 17.7 Å². The topological polar surface area (TPSA) is 108 Å². The van der Waals surface area contributed by atoms with Crippen molar-refractivity contribution in [3.05, 3.63) is 35.4 Å². The summed E-state index contributed by atoms with van der Waals surface area (Å²) in [6, 6.07) is 7.16. The first-order valence-corrected chi connectivity index (χ1v) is 10.0. The molecule has 0 aromatic heterocycles. The summed E-state index contributed by atoms with van der Waals surface area (Å²) >= 11 is 1.28. The van der Waals surface area contributed by atoms with Crippen LogP contribution < -0.4 is 0 Å². The molecule has 8 nitrogen and oxygen atoms in total. The molecule has 2 atom stereocenters. The number of hydrogen-bond donors (Lipinski definition) is 0. The molecule has 1 aromatic rings. The second kappa shape index (κ2) is 9.37. The lowest BCUT2D eigenvalue weighted by atomic mass is 10.1. The van der Waals surface area contributed by atoms with Gasteiger partial charge in [0.2, 0.25) is 0 Å². The van der Waals surface area contributed by atoms with E-state index in [9.17, 15) is 19.2 Å². The van der Waals surface area contributed by atoms with Crippen LogP contribution in [0.4, 0.5) is 0 Å². The number of likely N-dealkylation sites (N-methyl/N-ethyl adjacent to an activating group) is 1. The van der Waals surface area contributed by atoms with Crippen LogP contribution in [0.3, 0.4) is 0 Å². The van der Waals surface area contributed by atoms with Crippen molar-refractivity contribution >= 4 is 35.5 Å². The molecule has 2 rings (SSSR count). The van der Waals surface area contributed by atoms with Crippen LogP contribution in [0.15, 0.2) is 24.3 Å². The van der Waals surface area contributed by atoms with Gasteiger partial charge in [-0.25, -0.2) is 4.79 Å². The number of thioether (sulfide) groups is 1. The van der Waals surface area contributed by atoms with Gasteiger partial charge in [-0.3, -0.25) is 19.3 Å². The molecule has 1 aromatic carbocycles. The van der Waals surface area contributed by atoms with Crippen LogP contribution in [-0.4, -0.2) is 71.2 Å². The van der Waals surface area contributed by atoms with E-state index in [4.69, 9.17) is 10.00 Å². The van der Waals surface area contributed by atoms with Gasteiger partial charge >= 0.3 is 5.97 Å². The van der Waals surface area contributed by atoms with E-state index in [-0.39, 0.29) is 29.8 Å². The number of imide groups is 1. The average Bonchev–Trinajstić information content (AvgIpc) is 2.94. The second-order valence-corrected chi connectivity index (χ2v) is 7.15. The van der Waals surface area contributed by atoms with E-state index in [1.54, 1.807) is 18.4 Å². The van der Waals surface area contributed by atoms with E-state index in [2.05, 4.69) is 0 Å². The molecular formula is C19H21N3O5S. The average molecular weight is 403 g/mol. The number of nitrogens with zero attached hydrogens (tertiary/aromatic N) is 3. The molecule has 1 aliphatic rings. The monoisotopic (exact) mass is 403 g/mol. The molecule has 0 spiro atoms. The summed E-state index contributed by atoms with van der Waals surface area (Å²) in [7, 11) is 1.51. The summed E-state index contributed by atoms with van der Waals surface area (Å²) in [5, 5.41) is 8.61. The Balaban J connectivity index is 2.15. The highest BCUT2D eigenvalue weighted by molar-refractivity contribution is 7.98. The number of fused-ring (bicyclic) bond motifs is 1. The van der Waals surface area contributed by atoms with Gasteiger partial charge in [0.1, 0.15) is 6.04 Å². The molecule has 0 aliphatic carbocycles. The summed E-state index contributed by atoms with van der Waals surface area (Å²) in [5.74, 6) is -2.24. The SMILES string of the molecule is CSC[C@H](C(=O)O[C@H](C)C(=O)N(C)CCC#N)N1C(=O)c2ccccc2C1=O. The summed E-state index contributed by atoms with van der Waals surface area (Å²) in [6.07, 6.45) is 0.797. The summed E-state index contributed by atoms with van der Waals surface area (Å²) in [5.41, 5.74) is 0.485. The fourth-order valence-electron chi connectivity index (χ4n) is 2.84. The van der Waals surface area contributed by atoms with Crippen LogP contribution >= 0.6 is 11.8 Å². The first-order chi connectivity index (χ1) is 13.3. The van der Waals surface area contributed by atoms with Gasteiger partial charge in [0, 0.05) is 19.3 Å². The van der Waals surface area contributed by atoms with Gasteiger partial charge < -0.3 is 9.64 Å². The number of carbonyl (C=O) groups is 4. The smallest absolute Gasteiger partial charge is 0.331 e. The molecule has 0 saturated carbocycles. The summed E-state index contributed by atoms with van der Waals surface area (Å²) < 4.78 is 5.26.